The molecule has 5 aromatic rings. The number of hydrogen-bond acceptors (Lipinski definition) is 13. The van der Waals surface area contributed by atoms with E-state index in [1.54, 1.807) is 46.3 Å². The minimum Gasteiger partial charge on any atom is -0.497 e. The predicted molar refractivity (Wildman–Crippen MR) is 196 cm³/mol. The molecule has 0 aliphatic rings. The molecule has 2 aromatic carbocycles. The lowest BCUT2D eigenvalue weighted by Crippen LogP contribution is -2.26. The Bertz CT molecular complexity index is 1860. The molecule has 0 fully saturated rings. The van der Waals surface area contributed by atoms with Crippen LogP contribution in [-0.2, 0) is 19.5 Å². The van der Waals surface area contributed by atoms with Gasteiger partial charge in [-0.05, 0) is 43.7 Å². The lowest BCUT2D eigenvalue weighted by atomic mass is 10.1. The molecule has 0 amide bonds. The standard InChI is InChI=1S/C38H48N6O8/c1-8-10-29(17-18-45)52-38-41-36(35-39-22-28(44(35)42-38)19-25-13-16-34(51-9-2)40-37(25)50-7)43(23-26-11-14-30(46-3)20-32(26)48-5)24-27-12-15-31(47-4)21-33(27)49-6/h11-16,20-22,29,45H,8-10,17-19,23-24H2,1-7H3. The quantitative estimate of drug-likeness (QED) is 0.105. The number of nitrogens with zero attached hydrogens (tertiary/aromatic N) is 6. The maximum Gasteiger partial charge on any atom is 0.336 e. The third kappa shape index (κ3) is 8.86. The first-order chi connectivity index (χ1) is 25.4. The molecule has 0 aliphatic heterocycles. The average Bonchev–Trinajstić information content (AvgIpc) is 3.57. The number of imidazole rings is 1. The number of pyridine rings is 1. The van der Waals surface area contributed by atoms with E-state index in [1.807, 2.05) is 55.5 Å². The summed E-state index contributed by atoms with van der Waals surface area (Å²) in [4.78, 5) is 16.5. The number of methoxy groups -OCH3 is 5. The van der Waals surface area contributed by atoms with Gasteiger partial charge in [-0.25, -0.2) is 9.50 Å². The van der Waals surface area contributed by atoms with E-state index < -0.39 is 0 Å². The molecule has 1 unspecified atom stereocenters. The van der Waals surface area contributed by atoms with Crippen molar-refractivity contribution in [1.29, 1.82) is 0 Å². The highest BCUT2D eigenvalue weighted by Crippen LogP contribution is 2.34. The van der Waals surface area contributed by atoms with Gasteiger partial charge in [0.05, 0.1) is 54.0 Å². The first-order valence-corrected chi connectivity index (χ1v) is 17.2. The van der Waals surface area contributed by atoms with Crippen LogP contribution in [0, 0.1) is 0 Å². The zero-order valence-electron chi connectivity index (χ0n) is 30.9. The van der Waals surface area contributed by atoms with Crippen molar-refractivity contribution in [3.8, 4) is 40.8 Å². The van der Waals surface area contributed by atoms with E-state index in [1.165, 1.54) is 0 Å². The van der Waals surface area contributed by atoms with Crippen LogP contribution < -0.4 is 38.1 Å². The monoisotopic (exact) mass is 716 g/mol. The summed E-state index contributed by atoms with van der Waals surface area (Å²) in [7, 11) is 8.07. The molecule has 1 atom stereocenters. The zero-order chi connectivity index (χ0) is 37.0. The first-order valence-electron chi connectivity index (χ1n) is 17.2. The zero-order valence-corrected chi connectivity index (χ0v) is 30.9. The third-order valence-electron chi connectivity index (χ3n) is 8.51. The highest BCUT2D eigenvalue weighted by atomic mass is 16.5. The van der Waals surface area contributed by atoms with Gasteiger partial charge in [0.25, 0.3) is 0 Å². The fourth-order valence-electron chi connectivity index (χ4n) is 5.92. The smallest absolute Gasteiger partial charge is 0.336 e. The van der Waals surface area contributed by atoms with E-state index in [9.17, 15) is 5.11 Å². The summed E-state index contributed by atoms with van der Waals surface area (Å²) in [6, 6.07) is 15.3. The molecule has 1 N–H and O–H groups in total. The maximum atomic E-state index is 9.82. The predicted octanol–water partition coefficient (Wildman–Crippen LogP) is 5.69. The summed E-state index contributed by atoms with van der Waals surface area (Å²) in [5.74, 6) is 4.08. The van der Waals surface area contributed by atoms with Gasteiger partial charge in [-0.1, -0.05) is 13.3 Å². The summed E-state index contributed by atoms with van der Waals surface area (Å²) in [6.45, 7) is 5.16. The van der Waals surface area contributed by atoms with Crippen LogP contribution in [0.25, 0.3) is 5.65 Å². The summed E-state index contributed by atoms with van der Waals surface area (Å²) in [6.07, 6.45) is 3.89. The van der Waals surface area contributed by atoms with Crippen molar-refractivity contribution in [1.82, 2.24) is 24.6 Å². The molecule has 5 rings (SSSR count). The third-order valence-corrected chi connectivity index (χ3v) is 8.51. The Morgan fingerprint density at radius 2 is 1.42 bits per heavy atom. The molecule has 3 heterocycles. The van der Waals surface area contributed by atoms with Crippen molar-refractivity contribution in [2.45, 2.75) is 58.7 Å². The second kappa shape index (κ2) is 18.1. The van der Waals surface area contributed by atoms with Crippen LogP contribution in [0.15, 0.2) is 54.7 Å². The van der Waals surface area contributed by atoms with Gasteiger partial charge in [0.2, 0.25) is 11.8 Å². The van der Waals surface area contributed by atoms with Gasteiger partial charge in [-0.3, -0.25) is 0 Å². The Morgan fingerprint density at radius 3 is 1.98 bits per heavy atom. The van der Waals surface area contributed by atoms with Crippen LogP contribution in [0.2, 0.25) is 0 Å². The van der Waals surface area contributed by atoms with Crippen molar-refractivity contribution < 1.29 is 38.3 Å². The molecule has 0 aliphatic carbocycles. The Hall–Kier alpha value is -5.50. The number of aliphatic hydroxyl groups is 1. The minimum atomic E-state index is -0.292. The molecule has 0 bridgehead atoms. The van der Waals surface area contributed by atoms with Gasteiger partial charge >= 0.3 is 6.01 Å². The molecule has 0 spiro atoms. The Morgan fingerprint density at radius 1 is 0.769 bits per heavy atom. The topological polar surface area (TPSA) is 144 Å². The van der Waals surface area contributed by atoms with Crippen molar-refractivity contribution in [3.63, 3.8) is 0 Å². The number of benzene rings is 2. The highest BCUT2D eigenvalue weighted by molar-refractivity contribution is 5.66. The van der Waals surface area contributed by atoms with E-state index in [-0.39, 0.29) is 18.7 Å². The molecular formula is C38H48N6O8. The molecule has 0 radical (unpaired) electrons. The van der Waals surface area contributed by atoms with Crippen LogP contribution in [0.1, 0.15) is 55.5 Å². The molecule has 52 heavy (non-hydrogen) atoms. The summed E-state index contributed by atoms with van der Waals surface area (Å²) >= 11 is 0. The molecule has 3 aromatic heterocycles. The normalized spacial score (nSPS) is 11.6. The molecule has 0 saturated heterocycles. The van der Waals surface area contributed by atoms with Crippen LogP contribution in [0.4, 0.5) is 5.82 Å². The van der Waals surface area contributed by atoms with Crippen LogP contribution in [0.3, 0.4) is 0 Å². The van der Waals surface area contributed by atoms with Crippen molar-refractivity contribution in [3.05, 3.63) is 77.1 Å². The molecule has 14 nitrogen and oxygen atoms in total. The lowest BCUT2D eigenvalue weighted by molar-refractivity contribution is 0.133. The highest BCUT2D eigenvalue weighted by Gasteiger charge is 2.24. The number of hydrogen-bond donors (Lipinski definition) is 1. The number of ether oxygens (including phenoxy) is 7. The molecule has 0 saturated carbocycles. The number of aromatic nitrogens is 5. The summed E-state index contributed by atoms with van der Waals surface area (Å²) < 4.78 is 42.0. The van der Waals surface area contributed by atoms with Crippen LogP contribution in [-0.4, -0.2) is 84.5 Å². The Kier molecular flexibility index (Phi) is 13.2. The fraction of sp³-hybridized carbons (Fsp3) is 0.421. The largest absolute Gasteiger partial charge is 0.497 e. The van der Waals surface area contributed by atoms with Gasteiger partial charge < -0.3 is 43.2 Å². The van der Waals surface area contributed by atoms with Crippen molar-refractivity contribution in [2.24, 2.45) is 0 Å². The summed E-state index contributed by atoms with van der Waals surface area (Å²) in [5.41, 5.74) is 3.86. The van der Waals surface area contributed by atoms with Crippen LogP contribution >= 0.6 is 0 Å². The second-order valence-corrected chi connectivity index (χ2v) is 11.9. The van der Waals surface area contributed by atoms with E-state index in [4.69, 9.17) is 48.2 Å². The first kappa shape index (κ1) is 37.7. The van der Waals surface area contributed by atoms with Gasteiger partial charge in [0.15, 0.2) is 11.5 Å². The molecular weight excluding hydrogens is 668 g/mol. The SMILES string of the molecule is CCCC(CCO)Oc1nc(N(Cc2ccc(OC)cc2OC)Cc2ccc(OC)cc2OC)c2ncc(Cc3ccc(OCC)nc3OC)n2n1. The fourth-order valence-corrected chi connectivity index (χ4v) is 5.92. The average molecular weight is 717 g/mol. The van der Waals surface area contributed by atoms with E-state index >= 15 is 0 Å². The van der Waals surface area contributed by atoms with Gasteiger partial charge in [-0.2, -0.15) is 9.97 Å². The Labute approximate surface area is 304 Å². The second-order valence-electron chi connectivity index (χ2n) is 11.9. The Balaban J connectivity index is 1.68. The van der Waals surface area contributed by atoms with E-state index in [2.05, 4.69) is 16.8 Å². The van der Waals surface area contributed by atoms with Crippen molar-refractivity contribution in [2.75, 3.05) is 53.7 Å². The molecule has 14 heteroatoms. The molecule has 278 valence electrons. The van der Waals surface area contributed by atoms with Gasteiger partial charge in [0, 0.05) is 67.4 Å². The van der Waals surface area contributed by atoms with E-state index in [0.717, 1.165) is 35.2 Å². The van der Waals surface area contributed by atoms with Crippen LogP contribution in [0.5, 0.6) is 40.8 Å². The lowest BCUT2D eigenvalue weighted by Gasteiger charge is -2.27. The van der Waals surface area contributed by atoms with E-state index in [0.29, 0.717) is 78.8 Å². The number of rotatable bonds is 20. The van der Waals surface area contributed by atoms with Crippen molar-refractivity contribution >= 4 is 11.5 Å². The van der Waals surface area contributed by atoms with Gasteiger partial charge in [0.1, 0.15) is 29.1 Å². The maximum absolute atomic E-state index is 9.82. The number of anilines is 1. The minimum absolute atomic E-state index is 0.0265. The number of aliphatic hydroxyl groups excluding tert-OH is 1. The summed E-state index contributed by atoms with van der Waals surface area (Å²) in [5, 5.41) is 14.7. The number of fused-ring (bicyclic) bond motifs is 1. The van der Waals surface area contributed by atoms with Gasteiger partial charge in [-0.15, -0.1) is 5.10 Å².